The fourth-order valence-corrected chi connectivity index (χ4v) is 2.04. The van der Waals surface area contributed by atoms with Crippen LogP contribution < -0.4 is 11.1 Å². The second kappa shape index (κ2) is 6.47. The van der Waals surface area contributed by atoms with Gasteiger partial charge in [-0.25, -0.2) is 0 Å². The van der Waals surface area contributed by atoms with Crippen molar-refractivity contribution in [3.8, 4) is 0 Å². The zero-order chi connectivity index (χ0) is 12.8. The van der Waals surface area contributed by atoms with Crippen LogP contribution in [0.5, 0.6) is 0 Å². The number of aliphatic imine (C=N–C) groups is 1. The maximum Gasteiger partial charge on any atom is 0.244 e. The van der Waals surface area contributed by atoms with E-state index in [1.807, 2.05) is 13.8 Å². The Kier molecular flexibility index (Phi) is 5.25. The van der Waals surface area contributed by atoms with Crippen LogP contribution >= 0.6 is 0 Å². The van der Waals surface area contributed by atoms with Crippen molar-refractivity contribution < 1.29 is 4.79 Å². The number of hydrogen-bond acceptors (Lipinski definition) is 2. The van der Waals surface area contributed by atoms with Crippen molar-refractivity contribution in [1.82, 2.24) is 10.2 Å². The standard InChI is InChI=1S/C12H24N4O/c1-4-16(3)11(17)9(2)14-12(13)15-10-7-5-6-8-10/h9-10H,4-8H2,1-3H3,(H3,13,14,15). The van der Waals surface area contributed by atoms with E-state index in [0.29, 0.717) is 18.5 Å². The second-order valence-electron chi connectivity index (χ2n) is 4.67. The molecule has 0 aromatic carbocycles. The van der Waals surface area contributed by atoms with Crippen molar-refractivity contribution in [3.05, 3.63) is 0 Å². The lowest BCUT2D eigenvalue weighted by Gasteiger charge is -2.21. The van der Waals surface area contributed by atoms with Gasteiger partial charge < -0.3 is 16.0 Å². The van der Waals surface area contributed by atoms with Crippen molar-refractivity contribution in [3.63, 3.8) is 0 Å². The third-order valence-corrected chi connectivity index (χ3v) is 3.23. The van der Waals surface area contributed by atoms with Gasteiger partial charge in [-0.05, 0) is 26.7 Å². The Morgan fingerprint density at radius 2 is 2.12 bits per heavy atom. The summed E-state index contributed by atoms with van der Waals surface area (Å²) >= 11 is 0. The minimum atomic E-state index is -0.315. The van der Waals surface area contributed by atoms with E-state index in [0.717, 1.165) is 12.8 Å². The molecule has 1 aliphatic rings. The van der Waals surface area contributed by atoms with E-state index in [1.165, 1.54) is 12.8 Å². The van der Waals surface area contributed by atoms with Gasteiger partial charge in [0, 0.05) is 13.6 Å². The highest BCUT2D eigenvalue weighted by molar-refractivity contribution is 5.87. The maximum atomic E-state index is 11.8. The number of nitrogens with zero attached hydrogens (tertiary/aromatic N) is 2. The minimum absolute atomic E-state index is 0.0390. The van der Waals surface area contributed by atoms with Crippen molar-refractivity contribution in [2.24, 2.45) is 10.7 Å². The average Bonchev–Trinajstić information content (AvgIpc) is 2.79. The maximum absolute atomic E-state index is 11.8. The summed E-state index contributed by atoms with van der Waals surface area (Å²) in [5.41, 5.74) is 5.80. The SMILES string of the molecule is CCN(C)C(=O)C(C)NC(N)=NC1CCCC1. The first kappa shape index (κ1) is 13.8. The predicted octanol–water partition coefficient (Wildman–Crippen LogP) is 0.700. The third-order valence-electron chi connectivity index (χ3n) is 3.23. The fraction of sp³-hybridized carbons (Fsp3) is 0.833. The molecule has 3 N–H and O–H groups in total. The summed E-state index contributed by atoms with van der Waals surface area (Å²) < 4.78 is 0. The number of nitrogens with one attached hydrogen (secondary N) is 1. The van der Waals surface area contributed by atoms with Crippen molar-refractivity contribution in [1.29, 1.82) is 0 Å². The van der Waals surface area contributed by atoms with Crippen LogP contribution in [0.25, 0.3) is 0 Å². The molecule has 1 amide bonds. The lowest BCUT2D eigenvalue weighted by molar-refractivity contribution is -0.131. The molecule has 1 rings (SSSR count). The molecule has 1 aliphatic carbocycles. The third kappa shape index (κ3) is 4.24. The van der Waals surface area contributed by atoms with E-state index in [1.54, 1.807) is 11.9 Å². The van der Waals surface area contributed by atoms with E-state index >= 15 is 0 Å². The number of likely N-dealkylation sites (N-methyl/N-ethyl adjacent to an activating group) is 1. The molecule has 1 unspecified atom stereocenters. The summed E-state index contributed by atoms with van der Waals surface area (Å²) in [5, 5.41) is 2.96. The largest absolute Gasteiger partial charge is 0.370 e. The van der Waals surface area contributed by atoms with Gasteiger partial charge >= 0.3 is 0 Å². The lowest BCUT2D eigenvalue weighted by Crippen LogP contribution is -2.48. The summed E-state index contributed by atoms with van der Waals surface area (Å²) in [6.45, 7) is 4.46. The lowest BCUT2D eigenvalue weighted by atomic mass is 10.3. The molecule has 0 heterocycles. The van der Waals surface area contributed by atoms with Crippen LogP contribution in [0.4, 0.5) is 0 Å². The van der Waals surface area contributed by atoms with E-state index in [9.17, 15) is 4.79 Å². The smallest absolute Gasteiger partial charge is 0.244 e. The van der Waals surface area contributed by atoms with Crippen molar-refractivity contribution in [2.45, 2.75) is 51.6 Å². The molecular formula is C12H24N4O. The summed E-state index contributed by atoms with van der Waals surface area (Å²) in [7, 11) is 1.78. The molecule has 17 heavy (non-hydrogen) atoms. The first-order chi connectivity index (χ1) is 8.04. The van der Waals surface area contributed by atoms with E-state index in [-0.39, 0.29) is 11.9 Å². The Morgan fingerprint density at radius 3 is 2.65 bits per heavy atom. The molecule has 1 saturated carbocycles. The average molecular weight is 240 g/mol. The van der Waals surface area contributed by atoms with Crippen LogP contribution in [0.15, 0.2) is 4.99 Å². The molecule has 0 bridgehead atoms. The van der Waals surface area contributed by atoms with Crippen LogP contribution in [-0.2, 0) is 4.79 Å². The van der Waals surface area contributed by atoms with Gasteiger partial charge in [-0.2, -0.15) is 0 Å². The quantitative estimate of drug-likeness (QED) is 0.561. The zero-order valence-corrected chi connectivity index (χ0v) is 11.1. The molecule has 1 atom stereocenters. The molecule has 5 nitrogen and oxygen atoms in total. The number of nitrogens with two attached hydrogens (primary N) is 1. The van der Waals surface area contributed by atoms with Crippen LogP contribution in [0, 0.1) is 0 Å². The number of carbonyl (C=O) groups excluding carboxylic acids is 1. The number of rotatable bonds is 4. The van der Waals surface area contributed by atoms with Gasteiger partial charge in [0.05, 0.1) is 6.04 Å². The van der Waals surface area contributed by atoms with Gasteiger partial charge in [-0.3, -0.25) is 9.79 Å². The molecular weight excluding hydrogens is 216 g/mol. The Bertz CT molecular complexity index is 284. The Labute approximate surface area is 103 Å². The van der Waals surface area contributed by atoms with Crippen molar-refractivity contribution >= 4 is 11.9 Å². The van der Waals surface area contributed by atoms with Gasteiger partial charge in [0.25, 0.3) is 0 Å². The molecule has 0 saturated heterocycles. The molecule has 5 heteroatoms. The predicted molar refractivity (Wildman–Crippen MR) is 69.8 cm³/mol. The van der Waals surface area contributed by atoms with E-state index < -0.39 is 0 Å². The second-order valence-corrected chi connectivity index (χ2v) is 4.67. The fourth-order valence-electron chi connectivity index (χ4n) is 2.04. The Morgan fingerprint density at radius 1 is 1.53 bits per heavy atom. The molecule has 0 aliphatic heterocycles. The topological polar surface area (TPSA) is 70.7 Å². The first-order valence-corrected chi connectivity index (χ1v) is 6.39. The minimum Gasteiger partial charge on any atom is -0.370 e. The number of amides is 1. The van der Waals surface area contributed by atoms with Crippen LogP contribution in [0.2, 0.25) is 0 Å². The van der Waals surface area contributed by atoms with Gasteiger partial charge in [0.1, 0.15) is 6.04 Å². The number of carbonyl (C=O) groups is 1. The van der Waals surface area contributed by atoms with Crippen molar-refractivity contribution in [2.75, 3.05) is 13.6 Å². The Balaban J connectivity index is 2.44. The summed E-state index contributed by atoms with van der Waals surface area (Å²) in [6, 6.07) is 0.0267. The highest BCUT2D eigenvalue weighted by Gasteiger charge is 2.18. The highest BCUT2D eigenvalue weighted by Crippen LogP contribution is 2.20. The van der Waals surface area contributed by atoms with Crippen LogP contribution in [0.1, 0.15) is 39.5 Å². The molecule has 0 radical (unpaired) electrons. The molecule has 0 aromatic heterocycles. The molecule has 98 valence electrons. The Hall–Kier alpha value is -1.26. The van der Waals surface area contributed by atoms with Gasteiger partial charge in [-0.1, -0.05) is 12.8 Å². The monoisotopic (exact) mass is 240 g/mol. The first-order valence-electron chi connectivity index (χ1n) is 6.39. The van der Waals surface area contributed by atoms with Gasteiger partial charge in [0.15, 0.2) is 5.96 Å². The van der Waals surface area contributed by atoms with E-state index in [4.69, 9.17) is 5.73 Å². The molecule has 0 spiro atoms. The van der Waals surface area contributed by atoms with Crippen LogP contribution in [-0.4, -0.2) is 42.4 Å². The zero-order valence-electron chi connectivity index (χ0n) is 11.1. The normalized spacial score (nSPS) is 19.1. The summed E-state index contributed by atoms with van der Waals surface area (Å²) in [4.78, 5) is 17.9. The molecule has 0 aromatic rings. The summed E-state index contributed by atoms with van der Waals surface area (Å²) in [5.74, 6) is 0.430. The highest BCUT2D eigenvalue weighted by atomic mass is 16.2. The number of hydrogen-bond donors (Lipinski definition) is 2. The molecule has 1 fully saturated rings. The van der Waals surface area contributed by atoms with Gasteiger partial charge in [0.2, 0.25) is 5.91 Å². The van der Waals surface area contributed by atoms with E-state index in [2.05, 4.69) is 10.3 Å². The van der Waals surface area contributed by atoms with Gasteiger partial charge in [-0.15, -0.1) is 0 Å². The number of guanidine groups is 1. The summed E-state index contributed by atoms with van der Waals surface area (Å²) in [6.07, 6.45) is 4.68. The van der Waals surface area contributed by atoms with Crippen LogP contribution in [0.3, 0.4) is 0 Å².